The SMILES string of the molecule is CCN(CC)P(=S)(c1c(-c2ccccc2)cc2ccccn12)c1c(-c2ccccc2)cc2ccccn12. The van der Waals surface area contributed by atoms with Gasteiger partial charge in [0, 0.05) is 47.6 Å². The maximum Gasteiger partial charge on any atom is 0.105 e. The normalized spacial score (nSPS) is 12.1. The van der Waals surface area contributed by atoms with Crippen LogP contribution in [-0.2, 0) is 11.8 Å². The predicted molar refractivity (Wildman–Crippen MR) is 162 cm³/mol. The van der Waals surface area contributed by atoms with E-state index in [4.69, 9.17) is 11.8 Å². The van der Waals surface area contributed by atoms with Crippen molar-refractivity contribution in [3.63, 3.8) is 0 Å². The van der Waals surface area contributed by atoms with Gasteiger partial charge in [0.05, 0.1) is 10.9 Å². The summed E-state index contributed by atoms with van der Waals surface area (Å²) in [6, 6.07) is 38.9. The molecule has 6 rings (SSSR count). The second-order valence-corrected chi connectivity index (χ2v) is 13.4. The maximum atomic E-state index is 7.09. The van der Waals surface area contributed by atoms with Gasteiger partial charge in [-0.3, -0.25) is 4.67 Å². The van der Waals surface area contributed by atoms with Gasteiger partial charge in [-0.1, -0.05) is 98.5 Å². The average molecular weight is 520 g/mol. The van der Waals surface area contributed by atoms with Gasteiger partial charge in [-0.05, 0) is 47.5 Å². The zero-order chi connectivity index (χ0) is 25.4. The van der Waals surface area contributed by atoms with Crippen LogP contribution < -0.4 is 10.9 Å². The van der Waals surface area contributed by atoms with Crippen molar-refractivity contribution in [2.75, 3.05) is 13.1 Å². The van der Waals surface area contributed by atoms with Gasteiger partial charge in [0.1, 0.15) is 6.19 Å². The van der Waals surface area contributed by atoms with E-state index in [1.807, 2.05) is 0 Å². The van der Waals surface area contributed by atoms with Gasteiger partial charge in [0.2, 0.25) is 0 Å². The van der Waals surface area contributed by atoms with Crippen molar-refractivity contribution in [1.82, 2.24) is 13.5 Å². The van der Waals surface area contributed by atoms with Crippen molar-refractivity contribution in [1.29, 1.82) is 0 Å². The highest BCUT2D eigenvalue weighted by Crippen LogP contribution is 2.53. The summed E-state index contributed by atoms with van der Waals surface area (Å²) in [7, 11) is 0. The molecule has 6 aromatic rings. The first kappa shape index (κ1) is 23.9. The van der Waals surface area contributed by atoms with Crippen LogP contribution in [0, 0.1) is 0 Å². The molecule has 0 atom stereocenters. The Balaban J connectivity index is 1.79. The Labute approximate surface area is 223 Å². The molecular weight excluding hydrogens is 489 g/mol. The van der Waals surface area contributed by atoms with Crippen LogP contribution >= 0.6 is 6.19 Å². The number of pyridine rings is 2. The van der Waals surface area contributed by atoms with Crippen molar-refractivity contribution >= 4 is 39.9 Å². The predicted octanol–water partition coefficient (Wildman–Crippen LogP) is 7.21. The summed E-state index contributed by atoms with van der Waals surface area (Å²) < 4.78 is 7.22. The fourth-order valence-electron chi connectivity index (χ4n) is 5.49. The summed E-state index contributed by atoms with van der Waals surface area (Å²) >= 11 is 7.09. The monoisotopic (exact) mass is 519 g/mol. The Kier molecular flexibility index (Phi) is 6.34. The lowest BCUT2D eigenvalue weighted by molar-refractivity contribution is 0.512. The lowest BCUT2D eigenvalue weighted by atomic mass is 10.1. The largest absolute Gasteiger partial charge is 0.314 e. The zero-order valence-corrected chi connectivity index (χ0v) is 22.9. The van der Waals surface area contributed by atoms with E-state index in [0.29, 0.717) is 0 Å². The summed E-state index contributed by atoms with van der Waals surface area (Å²) in [4.78, 5) is 0. The molecule has 0 bridgehead atoms. The Bertz CT molecular complexity index is 1610. The molecule has 0 saturated carbocycles. The van der Waals surface area contributed by atoms with E-state index in [2.05, 4.69) is 149 Å². The standard InChI is InChI=1S/C32H30N3PS/c1-3-33(4-2)36(37,31-29(25-15-7-5-8-16-25)23-27-19-11-13-21-34(27)31)32-30(26-17-9-6-10-18-26)24-28-20-12-14-22-35(28)32/h5-24H,3-4H2,1-2H3. The van der Waals surface area contributed by atoms with Crippen molar-refractivity contribution in [2.45, 2.75) is 13.8 Å². The third-order valence-corrected chi connectivity index (χ3v) is 12.3. The number of fused-ring (bicyclic) bond motifs is 2. The topological polar surface area (TPSA) is 12.1 Å². The molecule has 0 aliphatic rings. The minimum Gasteiger partial charge on any atom is -0.314 e. The number of aromatic nitrogens is 2. The van der Waals surface area contributed by atoms with Crippen LogP contribution in [0.1, 0.15) is 13.8 Å². The summed E-state index contributed by atoms with van der Waals surface area (Å²) in [5.41, 5.74) is 9.59. The molecule has 0 amide bonds. The summed E-state index contributed by atoms with van der Waals surface area (Å²) in [6.45, 7) is 6.22. The number of rotatable bonds is 7. The first-order valence-electron chi connectivity index (χ1n) is 12.8. The molecule has 184 valence electrons. The zero-order valence-electron chi connectivity index (χ0n) is 21.2. The van der Waals surface area contributed by atoms with Crippen LogP contribution in [-0.4, -0.2) is 26.6 Å². The van der Waals surface area contributed by atoms with E-state index in [9.17, 15) is 0 Å². The first-order chi connectivity index (χ1) is 18.2. The molecule has 0 aliphatic carbocycles. The fraction of sp³-hybridized carbons (Fsp3) is 0.125. The highest BCUT2D eigenvalue weighted by molar-refractivity contribution is 8.20. The van der Waals surface area contributed by atoms with E-state index >= 15 is 0 Å². The van der Waals surface area contributed by atoms with Crippen LogP contribution in [0.4, 0.5) is 0 Å². The molecule has 0 saturated heterocycles. The maximum absolute atomic E-state index is 7.09. The molecule has 5 heteroatoms. The summed E-state index contributed by atoms with van der Waals surface area (Å²) in [6.07, 6.45) is 1.82. The average Bonchev–Trinajstić information content (AvgIpc) is 3.54. The van der Waals surface area contributed by atoms with Crippen LogP contribution in [0.3, 0.4) is 0 Å². The van der Waals surface area contributed by atoms with Crippen molar-refractivity contribution in [3.05, 3.63) is 122 Å². The lowest BCUT2D eigenvalue weighted by Crippen LogP contribution is -2.37. The van der Waals surface area contributed by atoms with Gasteiger partial charge in [0.15, 0.2) is 0 Å². The minimum atomic E-state index is -2.54. The van der Waals surface area contributed by atoms with Crippen molar-refractivity contribution < 1.29 is 0 Å². The number of benzene rings is 2. The van der Waals surface area contributed by atoms with Gasteiger partial charge < -0.3 is 8.80 Å². The molecule has 0 unspecified atom stereocenters. The van der Waals surface area contributed by atoms with E-state index in [1.165, 1.54) is 44.2 Å². The molecule has 2 aromatic carbocycles. The van der Waals surface area contributed by atoms with Gasteiger partial charge in [-0.2, -0.15) is 0 Å². The molecule has 0 N–H and O–H groups in total. The quantitative estimate of drug-likeness (QED) is 0.207. The minimum absolute atomic E-state index is 0.871. The fourth-order valence-corrected chi connectivity index (χ4v) is 10.8. The Hall–Kier alpha value is -3.43. The van der Waals surface area contributed by atoms with Crippen LogP contribution in [0.15, 0.2) is 122 Å². The van der Waals surface area contributed by atoms with Gasteiger partial charge >= 0.3 is 0 Å². The second-order valence-electron chi connectivity index (χ2n) is 9.20. The van der Waals surface area contributed by atoms with E-state index in [1.54, 1.807) is 0 Å². The highest BCUT2D eigenvalue weighted by Gasteiger charge is 2.38. The second kappa shape index (κ2) is 9.79. The molecule has 0 aliphatic heterocycles. The number of hydrogen-bond donors (Lipinski definition) is 0. The first-order valence-corrected chi connectivity index (χ1v) is 15.6. The Morgan fingerprint density at radius 3 is 1.41 bits per heavy atom. The highest BCUT2D eigenvalue weighted by atomic mass is 32.4. The number of nitrogens with zero attached hydrogens (tertiary/aromatic N) is 3. The van der Waals surface area contributed by atoms with Gasteiger partial charge in [0.25, 0.3) is 0 Å². The lowest BCUT2D eigenvalue weighted by Gasteiger charge is -2.35. The molecule has 4 heterocycles. The molecule has 4 aromatic heterocycles. The van der Waals surface area contributed by atoms with E-state index < -0.39 is 6.19 Å². The van der Waals surface area contributed by atoms with E-state index in [-0.39, 0.29) is 0 Å². The van der Waals surface area contributed by atoms with Gasteiger partial charge in [-0.25, -0.2) is 0 Å². The molecule has 3 nitrogen and oxygen atoms in total. The van der Waals surface area contributed by atoms with Crippen LogP contribution in [0.25, 0.3) is 33.3 Å². The Morgan fingerprint density at radius 1 is 0.595 bits per heavy atom. The van der Waals surface area contributed by atoms with E-state index in [0.717, 1.165) is 13.1 Å². The molecule has 0 spiro atoms. The van der Waals surface area contributed by atoms with Crippen LogP contribution in [0.2, 0.25) is 0 Å². The number of hydrogen-bond acceptors (Lipinski definition) is 1. The molecule has 37 heavy (non-hydrogen) atoms. The molecule has 0 fully saturated rings. The third kappa shape index (κ3) is 3.88. The molecule has 0 radical (unpaired) electrons. The summed E-state index contributed by atoms with van der Waals surface area (Å²) in [5, 5.41) is 0. The smallest absolute Gasteiger partial charge is 0.105 e. The third-order valence-electron chi connectivity index (χ3n) is 7.18. The Morgan fingerprint density at radius 2 is 1.00 bits per heavy atom. The van der Waals surface area contributed by atoms with Gasteiger partial charge in [-0.15, -0.1) is 0 Å². The van der Waals surface area contributed by atoms with Crippen molar-refractivity contribution in [3.8, 4) is 22.3 Å². The summed E-state index contributed by atoms with van der Waals surface area (Å²) in [5.74, 6) is 0. The van der Waals surface area contributed by atoms with Crippen molar-refractivity contribution in [2.24, 2.45) is 0 Å². The van der Waals surface area contributed by atoms with Crippen LogP contribution in [0.5, 0.6) is 0 Å². The molecular formula is C32H30N3PS.